The van der Waals surface area contributed by atoms with Crippen LogP contribution in [0.1, 0.15) is 12.2 Å². The molecule has 0 saturated heterocycles. The highest BCUT2D eigenvalue weighted by Crippen LogP contribution is 2.34. The topological polar surface area (TPSA) is 20.2 Å². The summed E-state index contributed by atoms with van der Waals surface area (Å²) in [6.45, 7) is 4.20. The van der Waals surface area contributed by atoms with Crippen molar-refractivity contribution in [2.24, 2.45) is 7.05 Å². The zero-order valence-electron chi connectivity index (χ0n) is 20.6. The zero-order valence-corrected chi connectivity index (χ0v) is 20.6. The second kappa shape index (κ2) is 8.14. The lowest BCUT2D eigenvalue weighted by Gasteiger charge is -2.13. The maximum atomic E-state index is 2.50. The van der Waals surface area contributed by atoms with Gasteiger partial charge in [0.2, 0.25) is 0 Å². The summed E-state index contributed by atoms with van der Waals surface area (Å²) in [6.07, 6.45) is 1.07. The molecule has 0 aliphatic rings. The fourth-order valence-electron chi connectivity index (χ4n) is 5.05. The first-order valence-electron chi connectivity index (χ1n) is 11.7. The number of rotatable bonds is 6. The maximum absolute atomic E-state index is 2.50. The van der Waals surface area contributed by atoms with Crippen molar-refractivity contribution < 1.29 is 4.57 Å². The van der Waals surface area contributed by atoms with E-state index in [1.807, 2.05) is 0 Å². The fraction of sp³-hybridized carbons (Fsp3) is 0.321. The molecule has 2 heterocycles. The van der Waals surface area contributed by atoms with E-state index >= 15 is 0 Å². The van der Waals surface area contributed by atoms with E-state index in [-0.39, 0.29) is 0 Å². The van der Waals surface area contributed by atoms with Gasteiger partial charge in [0.25, 0.3) is 5.82 Å². The number of para-hydroxylation sites is 2. The predicted octanol–water partition coefficient (Wildman–Crippen LogP) is 5.10. The molecule has 5 aromatic rings. The average Bonchev–Trinajstić information content (AvgIpc) is 3.25. The minimum atomic E-state index is 0.984. The summed E-state index contributed by atoms with van der Waals surface area (Å²) in [5, 5.41) is 2.66. The van der Waals surface area contributed by atoms with Gasteiger partial charge in [0, 0.05) is 81.3 Å². The summed E-state index contributed by atoms with van der Waals surface area (Å²) >= 11 is 0. The van der Waals surface area contributed by atoms with Crippen molar-refractivity contribution in [1.82, 2.24) is 9.13 Å². The van der Waals surface area contributed by atoms with Crippen LogP contribution in [0.15, 0.2) is 60.7 Å². The van der Waals surface area contributed by atoms with Crippen LogP contribution in [0.2, 0.25) is 0 Å². The van der Waals surface area contributed by atoms with Gasteiger partial charge in [-0.25, -0.2) is 9.13 Å². The molecule has 0 aliphatic heterocycles. The molecule has 5 heteroatoms. The first-order valence-corrected chi connectivity index (χ1v) is 11.7. The van der Waals surface area contributed by atoms with Crippen LogP contribution in [0, 0.1) is 6.92 Å². The van der Waals surface area contributed by atoms with Gasteiger partial charge < -0.3 is 14.4 Å². The van der Waals surface area contributed by atoms with E-state index in [2.05, 4.69) is 126 Å². The van der Waals surface area contributed by atoms with Crippen molar-refractivity contribution in [2.45, 2.75) is 26.4 Å². The summed E-state index contributed by atoms with van der Waals surface area (Å²) in [7, 11) is 10.6. The van der Waals surface area contributed by atoms with Crippen LogP contribution in [-0.2, 0) is 20.1 Å². The molecule has 170 valence electrons. The summed E-state index contributed by atoms with van der Waals surface area (Å²) in [5.74, 6) is 1.30. The van der Waals surface area contributed by atoms with Crippen LogP contribution in [0.25, 0.3) is 32.8 Å². The molecule has 0 saturated carbocycles. The lowest BCUT2D eigenvalue weighted by Crippen LogP contribution is -2.30. The Morgan fingerprint density at radius 1 is 0.697 bits per heavy atom. The second-order valence-electron chi connectivity index (χ2n) is 9.44. The van der Waals surface area contributed by atoms with Crippen molar-refractivity contribution in [3.8, 4) is 0 Å². The first-order chi connectivity index (χ1) is 15.9. The van der Waals surface area contributed by atoms with Crippen molar-refractivity contribution in [2.75, 3.05) is 38.0 Å². The Kier molecular flexibility index (Phi) is 5.28. The Morgan fingerprint density at radius 2 is 1.24 bits per heavy atom. The summed E-state index contributed by atoms with van der Waals surface area (Å²) < 4.78 is 7.25. The Hall–Kier alpha value is -3.47. The highest BCUT2D eigenvalue weighted by molar-refractivity contribution is 6.10. The minimum absolute atomic E-state index is 0.984. The Labute approximate surface area is 196 Å². The van der Waals surface area contributed by atoms with Gasteiger partial charge in [-0.15, -0.1) is 0 Å². The highest BCUT2D eigenvalue weighted by Gasteiger charge is 2.19. The van der Waals surface area contributed by atoms with Crippen molar-refractivity contribution in [1.29, 1.82) is 0 Å². The molecule has 33 heavy (non-hydrogen) atoms. The Bertz CT molecular complexity index is 1400. The minimum Gasteiger partial charge on any atom is -0.378 e. The molecular formula is C28H34N5+. The molecule has 0 amide bonds. The molecule has 5 rings (SSSR count). The molecule has 0 radical (unpaired) electrons. The smallest absolute Gasteiger partial charge is 0.253 e. The van der Waals surface area contributed by atoms with Gasteiger partial charge in [-0.2, -0.15) is 0 Å². The summed E-state index contributed by atoms with van der Waals surface area (Å²) in [6, 6.07) is 22.4. The van der Waals surface area contributed by atoms with Crippen LogP contribution >= 0.6 is 0 Å². The number of benzene rings is 3. The first kappa shape index (κ1) is 21.4. The van der Waals surface area contributed by atoms with E-state index in [0.717, 1.165) is 19.5 Å². The van der Waals surface area contributed by atoms with Gasteiger partial charge in [0.15, 0.2) is 11.0 Å². The van der Waals surface area contributed by atoms with Gasteiger partial charge in [0.1, 0.15) is 0 Å². The number of hydrogen-bond donors (Lipinski definition) is 0. The van der Waals surface area contributed by atoms with Gasteiger partial charge in [-0.05, 0) is 48.5 Å². The molecule has 0 unspecified atom stereocenters. The van der Waals surface area contributed by atoms with Crippen molar-refractivity contribution >= 4 is 44.2 Å². The van der Waals surface area contributed by atoms with Gasteiger partial charge in [-0.1, -0.05) is 12.1 Å². The molecule has 0 aliphatic carbocycles. The molecule has 0 fully saturated rings. The number of aryl methyl sites for hydroxylation is 3. The molecule has 3 aromatic carbocycles. The number of fused-ring (bicyclic) bond motifs is 4. The normalized spacial score (nSPS) is 11.7. The van der Waals surface area contributed by atoms with Gasteiger partial charge in [0.05, 0.1) is 13.6 Å². The molecule has 0 atom stereocenters. The lowest BCUT2D eigenvalue weighted by atomic mass is 10.1. The monoisotopic (exact) mass is 440 g/mol. The zero-order chi connectivity index (χ0) is 23.3. The van der Waals surface area contributed by atoms with E-state index < -0.39 is 0 Å². The largest absolute Gasteiger partial charge is 0.378 e. The van der Waals surface area contributed by atoms with E-state index in [9.17, 15) is 0 Å². The maximum Gasteiger partial charge on any atom is 0.253 e. The van der Waals surface area contributed by atoms with Crippen LogP contribution in [0.4, 0.5) is 11.4 Å². The third-order valence-electron chi connectivity index (χ3n) is 7.04. The fourth-order valence-corrected chi connectivity index (χ4v) is 5.05. The molecular weight excluding hydrogens is 406 g/mol. The molecule has 0 spiro atoms. The van der Waals surface area contributed by atoms with E-state index in [1.54, 1.807) is 0 Å². The van der Waals surface area contributed by atoms with Crippen LogP contribution in [0.3, 0.4) is 0 Å². The van der Waals surface area contributed by atoms with Crippen LogP contribution in [0.5, 0.6) is 0 Å². The third-order valence-corrected chi connectivity index (χ3v) is 7.04. The van der Waals surface area contributed by atoms with Crippen LogP contribution in [-0.4, -0.2) is 37.3 Å². The number of imidazole rings is 1. The third kappa shape index (κ3) is 3.52. The Balaban J connectivity index is 1.54. The van der Waals surface area contributed by atoms with E-state index in [0.29, 0.717) is 0 Å². The summed E-state index contributed by atoms with van der Waals surface area (Å²) in [4.78, 5) is 4.36. The van der Waals surface area contributed by atoms with Gasteiger partial charge in [-0.3, -0.25) is 0 Å². The average molecular weight is 441 g/mol. The number of anilines is 2. The van der Waals surface area contributed by atoms with E-state index in [4.69, 9.17) is 0 Å². The number of aromatic nitrogens is 3. The lowest BCUT2D eigenvalue weighted by molar-refractivity contribution is -0.652. The van der Waals surface area contributed by atoms with Crippen molar-refractivity contribution in [3.63, 3.8) is 0 Å². The Morgan fingerprint density at radius 3 is 1.82 bits per heavy atom. The standard InChI is InChI=1S/C28H34N5/c1-20-31(6)27-10-7-8-11-28(27)32(20)16-9-17-33-25-14-12-21(29(2)3)18-23(25)24-19-22(30(4)5)13-15-26(24)33/h7-8,10-15,18-19H,9,16-17H2,1-6H3/q+1. The van der Waals surface area contributed by atoms with Crippen LogP contribution < -0.4 is 14.4 Å². The second-order valence-corrected chi connectivity index (χ2v) is 9.44. The highest BCUT2D eigenvalue weighted by atomic mass is 15.2. The number of hydrogen-bond acceptors (Lipinski definition) is 2. The van der Waals surface area contributed by atoms with E-state index in [1.165, 1.54) is 50.0 Å². The molecule has 0 bridgehead atoms. The quantitative estimate of drug-likeness (QED) is 0.342. The molecule has 2 aromatic heterocycles. The van der Waals surface area contributed by atoms with Gasteiger partial charge >= 0.3 is 0 Å². The predicted molar refractivity (Wildman–Crippen MR) is 141 cm³/mol. The SMILES string of the molecule is Cc1n(CCCn2c3ccc(N(C)C)cc3c3cc(N(C)C)ccc32)c2ccccc2[n+]1C. The molecule has 5 nitrogen and oxygen atoms in total. The molecule has 0 N–H and O–H groups in total. The number of nitrogens with zero attached hydrogens (tertiary/aromatic N) is 5. The van der Waals surface area contributed by atoms with Crippen molar-refractivity contribution in [3.05, 3.63) is 66.5 Å². The summed E-state index contributed by atoms with van der Waals surface area (Å²) in [5.41, 5.74) is 7.69.